The van der Waals surface area contributed by atoms with E-state index >= 15 is 0 Å². The molecule has 6 heteroatoms. The van der Waals surface area contributed by atoms with Gasteiger partial charge in [-0.3, -0.25) is 4.57 Å². The third kappa shape index (κ3) is 3.06. The molecule has 0 spiro atoms. The van der Waals surface area contributed by atoms with Gasteiger partial charge in [-0.1, -0.05) is 49.0 Å². The van der Waals surface area contributed by atoms with Crippen LogP contribution in [0, 0.1) is 0 Å². The Morgan fingerprint density at radius 2 is 2.14 bits per heavy atom. The Bertz CT molecular complexity index is 647. The van der Waals surface area contributed by atoms with E-state index in [9.17, 15) is 4.79 Å². The monoisotopic (exact) mass is 304 g/mol. The fourth-order valence-corrected chi connectivity index (χ4v) is 3.65. The summed E-state index contributed by atoms with van der Waals surface area (Å²) in [5.41, 5.74) is 7.41. The Morgan fingerprint density at radius 3 is 2.76 bits per heavy atom. The minimum Gasteiger partial charge on any atom is -0.323 e. The van der Waals surface area contributed by atoms with Crippen LogP contribution in [0.1, 0.15) is 43.8 Å². The number of rotatable bonds is 6. The second kappa shape index (κ2) is 6.07. The van der Waals surface area contributed by atoms with Crippen molar-refractivity contribution >= 4 is 11.8 Å². The lowest BCUT2D eigenvalue weighted by molar-refractivity contribution is 0.624. The zero-order valence-electron chi connectivity index (χ0n) is 12.0. The van der Waals surface area contributed by atoms with Crippen LogP contribution in [0.3, 0.4) is 0 Å². The molecular weight excluding hydrogens is 284 g/mol. The van der Waals surface area contributed by atoms with Crippen molar-refractivity contribution in [2.45, 2.75) is 48.7 Å². The fourth-order valence-electron chi connectivity index (χ4n) is 2.46. The predicted octanol–water partition coefficient (Wildman–Crippen LogP) is 2.48. The van der Waals surface area contributed by atoms with E-state index in [0.29, 0.717) is 6.04 Å². The van der Waals surface area contributed by atoms with E-state index in [1.165, 1.54) is 0 Å². The number of aromatic amines is 1. The molecule has 0 amide bonds. The topological polar surface area (TPSA) is 76.7 Å². The minimum atomic E-state index is -0.108. The molecule has 0 bridgehead atoms. The number of nitrogens with one attached hydrogen (secondary N) is 1. The number of H-pyrrole nitrogens is 1. The number of hydrogen-bond donors (Lipinski definition) is 2. The highest BCUT2D eigenvalue weighted by molar-refractivity contribution is 7.99. The summed E-state index contributed by atoms with van der Waals surface area (Å²) in [7, 11) is 0. The Kier molecular flexibility index (Phi) is 4.17. The summed E-state index contributed by atoms with van der Waals surface area (Å²) < 4.78 is 1.78. The van der Waals surface area contributed by atoms with Gasteiger partial charge in [-0.25, -0.2) is 9.89 Å². The number of benzene rings is 1. The van der Waals surface area contributed by atoms with Gasteiger partial charge in [0.25, 0.3) is 0 Å². The summed E-state index contributed by atoms with van der Waals surface area (Å²) in [5.74, 6) is 0. The average molecular weight is 304 g/mol. The Hall–Kier alpha value is -1.53. The van der Waals surface area contributed by atoms with Crippen LogP contribution in [-0.4, -0.2) is 20.0 Å². The van der Waals surface area contributed by atoms with E-state index in [-0.39, 0.29) is 17.0 Å². The predicted molar refractivity (Wildman–Crippen MR) is 84.4 cm³/mol. The molecule has 0 aliphatic heterocycles. The molecular formula is C15H20N4OS. The van der Waals surface area contributed by atoms with Gasteiger partial charge in [0.2, 0.25) is 0 Å². The zero-order valence-corrected chi connectivity index (χ0v) is 12.8. The highest BCUT2D eigenvalue weighted by Gasteiger charge is 2.30. The van der Waals surface area contributed by atoms with Crippen molar-refractivity contribution in [3.05, 3.63) is 46.4 Å². The lowest BCUT2D eigenvalue weighted by atomic mass is 10.0. The molecule has 5 nitrogen and oxygen atoms in total. The molecule has 2 atom stereocenters. The highest BCUT2D eigenvalue weighted by atomic mass is 32.2. The summed E-state index contributed by atoms with van der Waals surface area (Å²) in [4.78, 5) is 11.8. The Morgan fingerprint density at radius 1 is 1.43 bits per heavy atom. The van der Waals surface area contributed by atoms with Crippen LogP contribution in [-0.2, 0) is 0 Å². The van der Waals surface area contributed by atoms with Gasteiger partial charge in [-0.2, -0.15) is 0 Å². The maximum Gasteiger partial charge on any atom is 0.344 e. The first-order valence-electron chi connectivity index (χ1n) is 7.34. The minimum absolute atomic E-state index is 0.0688. The van der Waals surface area contributed by atoms with E-state index in [4.69, 9.17) is 5.73 Å². The van der Waals surface area contributed by atoms with Crippen molar-refractivity contribution in [3.8, 4) is 0 Å². The van der Waals surface area contributed by atoms with Crippen LogP contribution in [0.4, 0.5) is 0 Å². The number of nitrogens with zero attached hydrogens (tertiary/aromatic N) is 2. The number of nitrogens with two attached hydrogens (primary N) is 1. The van der Waals surface area contributed by atoms with Crippen molar-refractivity contribution in [2.75, 3.05) is 0 Å². The largest absolute Gasteiger partial charge is 0.344 e. The smallest absolute Gasteiger partial charge is 0.323 e. The van der Waals surface area contributed by atoms with Gasteiger partial charge in [-0.15, -0.1) is 5.10 Å². The third-order valence-electron chi connectivity index (χ3n) is 3.83. The number of aromatic nitrogens is 3. The lowest BCUT2D eigenvalue weighted by Crippen LogP contribution is -2.24. The van der Waals surface area contributed by atoms with Crippen LogP contribution in [0.15, 0.2) is 40.3 Å². The SMILES string of the molecule is CCC(Sc1n[nH]c(=O)n1C1CC1)C(N)c1ccccc1. The number of hydrogen-bond acceptors (Lipinski definition) is 4. The molecule has 0 radical (unpaired) electrons. The molecule has 1 fully saturated rings. The maximum atomic E-state index is 11.8. The molecule has 3 rings (SSSR count). The van der Waals surface area contributed by atoms with Gasteiger partial charge in [0, 0.05) is 17.3 Å². The molecule has 112 valence electrons. The van der Waals surface area contributed by atoms with E-state index < -0.39 is 0 Å². The van der Waals surface area contributed by atoms with Crippen molar-refractivity contribution in [1.29, 1.82) is 0 Å². The molecule has 3 N–H and O–H groups in total. The second-order valence-corrected chi connectivity index (χ2v) is 6.62. The van der Waals surface area contributed by atoms with E-state index in [1.807, 2.05) is 30.3 Å². The van der Waals surface area contributed by atoms with E-state index in [1.54, 1.807) is 16.3 Å². The first-order chi connectivity index (χ1) is 10.2. The van der Waals surface area contributed by atoms with Gasteiger partial charge in [0.15, 0.2) is 5.16 Å². The van der Waals surface area contributed by atoms with Gasteiger partial charge in [0.05, 0.1) is 0 Å². The quantitative estimate of drug-likeness (QED) is 0.804. The normalized spacial score (nSPS) is 17.6. The van der Waals surface area contributed by atoms with Gasteiger partial charge in [0.1, 0.15) is 0 Å². The first-order valence-corrected chi connectivity index (χ1v) is 8.22. The van der Waals surface area contributed by atoms with Crippen LogP contribution in [0.2, 0.25) is 0 Å². The molecule has 2 unspecified atom stereocenters. The summed E-state index contributed by atoms with van der Waals surface area (Å²) >= 11 is 1.60. The van der Waals surface area contributed by atoms with Gasteiger partial charge >= 0.3 is 5.69 Å². The molecule has 1 saturated carbocycles. The Balaban J connectivity index is 1.80. The third-order valence-corrected chi connectivity index (χ3v) is 5.26. The summed E-state index contributed by atoms with van der Waals surface area (Å²) in [5, 5.41) is 7.70. The average Bonchev–Trinajstić information content (AvgIpc) is 3.29. The van der Waals surface area contributed by atoms with Crippen LogP contribution >= 0.6 is 11.8 Å². The lowest BCUT2D eigenvalue weighted by Gasteiger charge is -2.22. The van der Waals surface area contributed by atoms with E-state index in [2.05, 4.69) is 17.1 Å². The van der Waals surface area contributed by atoms with E-state index in [0.717, 1.165) is 30.0 Å². The van der Waals surface area contributed by atoms with Crippen LogP contribution in [0.5, 0.6) is 0 Å². The van der Waals surface area contributed by atoms with Gasteiger partial charge in [-0.05, 0) is 24.8 Å². The van der Waals surface area contributed by atoms with Gasteiger partial charge < -0.3 is 5.73 Å². The summed E-state index contributed by atoms with van der Waals surface area (Å²) in [6.45, 7) is 2.12. The molecule has 2 aromatic rings. The fraction of sp³-hybridized carbons (Fsp3) is 0.467. The van der Waals surface area contributed by atoms with Crippen molar-refractivity contribution < 1.29 is 0 Å². The highest BCUT2D eigenvalue weighted by Crippen LogP contribution is 2.38. The maximum absolute atomic E-state index is 11.8. The van der Waals surface area contributed by atoms with Crippen molar-refractivity contribution in [2.24, 2.45) is 5.73 Å². The van der Waals surface area contributed by atoms with Crippen molar-refractivity contribution in [3.63, 3.8) is 0 Å². The van der Waals surface area contributed by atoms with Crippen molar-refractivity contribution in [1.82, 2.24) is 14.8 Å². The van der Waals surface area contributed by atoms with Crippen LogP contribution < -0.4 is 11.4 Å². The standard InChI is InChI=1S/C15H20N4OS/c1-2-12(13(16)10-6-4-3-5-7-10)21-15-18-17-14(20)19(15)11-8-9-11/h3-7,11-13H,2,8-9,16H2,1H3,(H,17,20). The number of thioether (sulfide) groups is 1. The molecule has 1 aromatic carbocycles. The molecule has 21 heavy (non-hydrogen) atoms. The Labute approximate surface area is 127 Å². The molecule has 1 heterocycles. The second-order valence-electron chi connectivity index (χ2n) is 5.41. The molecule has 1 aromatic heterocycles. The summed E-state index contributed by atoms with van der Waals surface area (Å²) in [6.07, 6.45) is 3.05. The molecule has 1 aliphatic rings. The molecule has 1 aliphatic carbocycles. The summed E-state index contributed by atoms with van der Waals surface area (Å²) in [6, 6.07) is 10.3. The van der Waals surface area contributed by atoms with Crippen LogP contribution in [0.25, 0.3) is 0 Å². The first kappa shape index (κ1) is 14.4. The molecule has 0 saturated heterocycles. The zero-order chi connectivity index (χ0) is 14.8.